The van der Waals surface area contributed by atoms with Crippen molar-refractivity contribution in [3.8, 4) is 0 Å². The summed E-state index contributed by atoms with van der Waals surface area (Å²) in [6.07, 6.45) is 0. The van der Waals surface area contributed by atoms with Gasteiger partial charge in [0.15, 0.2) is 0 Å². The van der Waals surface area contributed by atoms with E-state index >= 15 is 0 Å². The van der Waals surface area contributed by atoms with Crippen molar-refractivity contribution in [3.05, 3.63) is 22.4 Å². The monoisotopic (exact) mass is 228 g/mol. The van der Waals surface area contributed by atoms with Gasteiger partial charge in [-0.3, -0.25) is 4.79 Å². The maximum atomic E-state index is 11.3. The van der Waals surface area contributed by atoms with Gasteiger partial charge in [-0.15, -0.1) is 23.1 Å². The molecule has 1 amide bonds. The highest BCUT2D eigenvalue weighted by molar-refractivity contribution is 7.99. The van der Waals surface area contributed by atoms with Gasteiger partial charge in [0.05, 0.1) is 11.3 Å². The van der Waals surface area contributed by atoms with Crippen LogP contribution in [0.4, 0.5) is 0 Å². The SMILES string of the molecule is N[C@H]1CS[C@@H](c2cccs2)CNC1=O. The van der Waals surface area contributed by atoms with Crippen LogP contribution in [0.25, 0.3) is 0 Å². The Morgan fingerprint density at radius 3 is 3.14 bits per heavy atom. The summed E-state index contributed by atoms with van der Waals surface area (Å²) in [5.41, 5.74) is 5.66. The van der Waals surface area contributed by atoms with Crippen molar-refractivity contribution in [2.75, 3.05) is 12.3 Å². The number of thiophene rings is 1. The molecule has 1 fully saturated rings. The quantitative estimate of drug-likeness (QED) is 0.753. The first kappa shape index (κ1) is 10.0. The summed E-state index contributed by atoms with van der Waals surface area (Å²) in [7, 11) is 0. The molecule has 1 aromatic heterocycles. The Kier molecular flexibility index (Phi) is 3.10. The number of hydrogen-bond acceptors (Lipinski definition) is 4. The van der Waals surface area contributed by atoms with E-state index in [0.29, 0.717) is 17.5 Å². The van der Waals surface area contributed by atoms with Gasteiger partial charge in [0.1, 0.15) is 0 Å². The summed E-state index contributed by atoms with van der Waals surface area (Å²) in [6.45, 7) is 0.692. The Labute approximate surface area is 91.1 Å². The highest BCUT2D eigenvalue weighted by Gasteiger charge is 2.23. The van der Waals surface area contributed by atoms with Crippen LogP contribution in [0.15, 0.2) is 17.5 Å². The molecule has 76 valence electrons. The largest absolute Gasteiger partial charge is 0.353 e. The van der Waals surface area contributed by atoms with Gasteiger partial charge >= 0.3 is 0 Å². The molecule has 3 nitrogen and oxygen atoms in total. The molecule has 2 atom stereocenters. The fraction of sp³-hybridized carbons (Fsp3) is 0.444. The molecule has 14 heavy (non-hydrogen) atoms. The molecule has 2 heterocycles. The van der Waals surface area contributed by atoms with Crippen LogP contribution < -0.4 is 11.1 Å². The minimum absolute atomic E-state index is 0.0310. The standard InChI is InChI=1S/C9H12N2OS2/c10-6-5-14-8(4-11-9(6)12)7-2-1-3-13-7/h1-3,6,8H,4-5,10H2,(H,11,12)/t6-,8+/m0/s1. The van der Waals surface area contributed by atoms with Crippen molar-refractivity contribution in [1.29, 1.82) is 0 Å². The topological polar surface area (TPSA) is 55.1 Å². The number of rotatable bonds is 1. The summed E-state index contributed by atoms with van der Waals surface area (Å²) in [5, 5.41) is 5.28. The fourth-order valence-corrected chi connectivity index (χ4v) is 3.45. The average molecular weight is 228 g/mol. The van der Waals surface area contributed by atoms with Gasteiger partial charge in [-0.2, -0.15) is 0 Å². The van der Waals surface area contributed by atoms with E-state index in [9.17, 15) is 4.79 Å². The van der Waals surface area contributed by atoms with Crippen molar-refractivity contribution in [2.45, 2.75) is 11.3 Å². The number of nitrogens with two attached hydrogens (primary N) is 1. The second-order valence-corrected chi connectivity index (χ2v) is 5.40. The molecule has 0 saturated carbocycles. The van der Waals surface area contributed by atoms with Gasteiger partial charge in [-0.25, -0.2) is 0 Å². The third-order valence-electron chi connectivity index (χ3n) is 2.14. The van der Waals surface area contributed by atoms with Crippen LogP contribution in [-0.2, 0) is 4.79 Å². The molecule has 3 N–H and O–H groups in total. The van der Waals surface area contributed by atoms with Gasteiger partial charge in [0, 0.05) is 17.2 Å². The van der Waals surface area contributed by atoms with Crippen molar-refractivity contribution in [2.24, 2.45) is 5.73 Å². The van der Waals surface area contributed by atoms with E-state index in [4.69, 9.17) is 5.73 Å². The van der Waals surface area contributed by atoms with Gasteiger partial charge in [0.2, 0.25) is 5.91 Å². The Hall–Kier alpha value is -0.520. The Morgan fingerprint density at radius 2 is 2.43 bits per heavy atom. The molecule has 0 aliphatic carbocycles. The molecule has 1 saturated heterocycles. The summed E-state index contributed by atoms with van der Waals surface area (Å²) in [5.74, 6) is 0.672. The number of hydrogen-bond donors (Lipinski definition) is 2. The van der Waals surface area contributed by atoms with E-state index in [1.54, 1.807) is 23.1 Å². The predicted molar refractivity (Wildman–Crippen MR) is 60.5 cm³/mol. The van der Waals surface area contributed by atoms with Gasteiger partial charge in [-0.05, 0) is 11.4 Å². The molecule has 0 radical (unpaired) electrons. The summed E-state index contributed by atoms with van der Waals surface area (Å²) < 4.78 is 0. The fourth-order valence-electron chi connectivity index (χ4n) is 1.34. The zero-order valence-corrected chi connectivity index (χ0v) is 9.24. The van der Waals surface area contributed by atoms with Crippen LogP contribution >= 0.6 is 23.1 Å². The first-order chi connectivity index (χ1) is 6.77. The second kappa shape index (κ2) is 4.33. The smallest absolute Gasteiger partial charge is 0.237 e. The molecular formula is C9H12N2OS2. The number of amides is 1. The van der Waals surface area contributed by atoms with E-state index in [1.165, 1.54) is 4.88 Å². The van der Waals surface area contributed by atoms with Crippen molar-refractivity contribution in [1.82, 2.24) is 5.32 Å². The molecule has 1 aliphatic heterocycles. The lowest BCUT2D eigenvalue weighted by Crippen LogP contribution is -2.40. The minimum atomic E-state index is -0.357. The van der Waals surface area contributed by atoms with E-state index in [2.05, 4.69) is 16.8 Å². The van der Waals surface area contributed by atoms with Crippen LogP contribution in [0.3, 0.4) is 0 Å². The molecule has 0 bridgehead atoms. The molecule has 5 heteroatoms. The second-order valence-electron chi connectivity index (χ2n) is 3.19. The van der Waals surface area contributed by atoms with E-state index in [1.807, 2.05) is 6.07 Å². The molecule has 0 spiro atoms. The lowest BCUT2D eigenvalue weighted by atomic mass is 10.3. The highest BCUT2D eigenvalue weighted by Crippen LogP contribution is 2.32. The van der Waals surface area contributed by atoms with Crippen molar-refractivity contribution in [3.63, 3.8) is 0 Å². The molecule has 1 aliphatic rings. The first-order valence-corrected chi connectivity index (χ1v) is 6.38. The molecular weight excluding hydrogens is 216 g/mol. The van der Waals surface area contributed by atoms with Gasteiger partial charge in [-0.1, -0.05) is 6.07 Å². The van der Waals surface area contributed by atoms with Crippen LogP contribution in [0.2, 0.25) is 0 Å². The molecule has 2 rings (SSSR count). The molecule has 0 aromatic carbocycles. The van der Waals surface area contributed by atoms with E-state index in [0.717, 1.165) is 0 Å². The minimum Gasteiger partial charge on any atom is -0.353 e. The zero-order valence-electron chi connectivity index (χ0n) is 7.60. The zero-order chi connectivity index (χ0) is 9.97. The normalized spacial score (nSPS) is 28.2. The van der Waals surface area contributed by atoms with Crippen LogP contribution in [-0.4, -0.2) is 24.2 Å². The Morgan fingerprint density at radius 1 is 1.57 bits per heavy atom. The van der Waals surface area contributed by atoms with Crippen molar-refractivity contribution < 1.29 is 4.79 Å². The van der Waals surface area contributed by atoms with Gasteiger partial charge in [0.25, 0.3) is 0 Å². The lowest BCUT2D eigenvalue weighted by molar-refractivity contribution is -0.121. The maximum Gasteiger partial charge on any atom is 0.237 e. The summed E-state index contributed by atoms with van der Waals surface area (Å²) >= 11 is 3.48. The number of thioether (sulfide) groups is 1. The first-order valence-electron chi connectivity index (χ1n) is 4.45. The van der Waals surface area contributed by atoms with E-state index < -0.39 is 0 Å². The summed E-state index contributed by atoms with van der Waals surface area (Å²) in [6, 6.07) is 3.78. The van der Waals surface area contributed by atoms with Crippen LogP contribution in [0.1, 0.15) is 10.1 Å². The maximum absolute atomic E-state index is 11.3. The van der Waals surface area contributed by atoms with Gasteiger partial charge < -0.3 is 11.1 Å². The number of carbonyl (C=O) groups is 1. The van der Waals surface area contributed by atoms with Crippen molar-refractivity contribution >= 4 is 29.0 Å². The predicted octanol–water partition coefficient (Wildman–Crippen LogP) is 0.979. The average Bonchev–Trinajstić information content (AvgIpc) is 2.65. The van der Waals surface area contributed by atoms with Crippen LogP contribution in [0, 0.1) is 0 Å². The van der Waals surface area contributed by atoms with Crippen LogP contribution in [0.5, 0.6) is 0 Å². The number of nitrogens with one attached hydrogen (secondary N) is 1. The number of carbonyl (C=O) groups excluding carboxylic acids is 1. The highest BCUT2D eigenvalue weighted by atomic mass is 32.2. The lowest BCUT2D eigenvalue weighted by Gasteiger charge is -2.10. The molecule has 1 aromatic rings. The van der Waals surface area contributed by atoms with E-state index in [-0.39, 0.29) is 11.9 Å². The Balaban J connectivity index is 2.06. The third-order valence-corrected chi connectivity index (χ3v) is 4.65. The molecule has 0 unspecified atom stereocenters. The summed E-state index contributed by atoms with van der Waals surface area (Å²) in [4.78, 5) is 12.6. The Bertz CT molecular complexity index is 313. The third kappa shape index (κ3) is 2.10.